The molecule has 0 fully saturated rings. The first-order chi connectivity index (χ1) is 9.21. The van der Waals surface area contributed by atoms with E-state index < -0.39 is 0 Å². The molecule has 1 rings (SSSR count). The van der Waals surface area contributed by atoms with Crippen molar-refractivity contribution in [2.24, 2.45) is 0 Å². The average Bonchev–Trinajstić information content (AvgIpc) is 2.41. The Morgan fingerprint density at radius 3 is 2.37 bits per heavy atom. The second-order valence-corrected chi connectivity index (χ2v) is 4.24. The second kappa shape index (κ2) is 8.77. The molecule has 1 N–H and O–H groups in total. The summed E-state index contributed by atoms with van der Waals surface area (Å²) < 4.78 is 16.2. The molecule has 108 valence electrons. The maximum atomic E-state index is 5.50. The summed E-state index contributed by atoms with van der Waals surface area (Å²) in [7, 11) is 1.68. The first-order valence-corrected chi connectivity index (χ1v) is 6.83. The lowest BCUT2D eigenvalue weighted by Crippen LogP contribution is -2.21. The number of anilines is 1. The fourth-order valence-corrected chi connectivity index (χ4v) is 1.87. The predicted molar refractivity (Wildman–Crippen MR) is 77.9 cm³/mol. The molecule has 0 bridgehead atoms. The third kappa shape index (κ3) is 5.49. The molecule has 4 nitrogen and oxygen atoms in total. The van der Waals surface area contributed by atoms with E-state index in [1.54, 1.807) is 7.11 Å². The standard InChI is InChI=1S/C15H25NO3/c1-5-18-15(19-6-2)9-10-16-14-8-7-13(17-4)11-12(14)3/h7-8,11,15-16H,5-6,9-10H2,1-4H3. The zero-order valence-electron chi connectivity index (χ0n) is 12.4. The zero-order chi connectivity index (χ0) is 14.1. The highest BCUT2D eigenvalue weighted by molar-refractivity contribution is 5.53. The van der Waals surface area contributed by atoms with Crippen LogP contribution < -0.4 is 10.1 Å². The van der Waals surface area contributed by atoms with Crippen molar-refractivity contribution in [1.29, 1.82) is 0 Å². The number of methoxy groups -OCH3 is 1. The van der Waals surface area contributed by atoms with Crippen molar-refractivity contribution in [2.75, 3.05) is 32.2 Å². The first-order valence-electron chi connectivity index (χ1n) is 6.83. The van der Waals surface area contributed by atoms with Gasteiger partial charge in [0.15, 0.2) is 6.29 Å². The van der Waals surface area contributed by atoms with Crippen LogP contribution in [0.25, 0.3) is 0 Å². The van der Waals surface area contributed by atoms with E-state index in [1.165, 1.54) is 5.56 Å². The largest absolute Gasteiger partial charge is 0.497 e. The summed E-state index contributed by atoms with van der Waals surface area (Å²) in [5.74, 6) is 0.879. The van der Waals surface area contributed by atoms with Crippen molar-refractivity contribution in [2.45, 2.75) is 33.5 Å². The summed E-state index contributed by atoms with van der Waals surface area (Å²) in [6, 6.07) is 6.01. The van der Waals surface area contributed by atoms with Gasteiger partial charge in [-0.3, -0.25) is 0 Å². The Morgan fingerprint density at radius 2 is 1.84 bits per heavy atom. The third-order valence-electron chi connectivity index (χ3n) is 2.83. The number of nitrogens with one attached hydrogen (secondary N) is 1. The van der Waals surface area contributed by atoms with Crippen LogP contribution in [-0.4, -0.2) is 33.2 Å². The monoisotopic (exact) mass is 267 g/mol. The van der Waals surface area contributed by atoms with Gasteiger partial charge in [-0.15, -0.1) is 0 Å². The van der Waals surface area contributed by atoms with E-state index in [9.17, 15) is 0 Å². The molecule has 0 aliphatic rings. The minimum Gasteiger partial charge on any atom is -0.497 e. The highest BCUT2D eigenvalue weighted by Crippen LogP contribution is 2.21. The van der Waals surface area contributed by atoms with Crippen LogP contribution in [0.1, 0.15) is 25.8 Å². The quantitative estimate of drug-likeness (QED) is 0.697. The molecule has 19 heavy (non-hydrogen) atoms. The van der Waals surface area contributed by atoms with Gasteiger partial charge >= 0.3 is 0 Å². The number of hydrogen-bond donors (Lipinski definition) is 1. The Morgan fingerprint density at radius 1 is 1.16 bits per heavy atom. The Kier molecular flexibility index (Phi) is 7.30. The van der Waals surface area contributed by atoms with Crippen LogP contribution >= 0.6 is 0 Å². The minimum atomic E-state index is -0.124. The molecule has 0 heterocycles. The van der Waals surface area contributed by atoms with Crippen LogP contribution in [-0.2, 0) is 9.47 Å². The zero-order valence-corrected chi connectivity index (χ0v) is 12.4. The fourth-order valence-electron chi connectivity index (χ4n) is 1.87. The van der Waals surface area contributed by atoms with Crippen LogP contribution in [0.5, 0.6) is 5.75 Å². The average molecular weight is 267 g/mol. The molecule has 0 radical (unpaired) electrons. The van der Waals surface area contributed by atoms with Crippen LogP contribution in [0, 0.1) is 6.92 Å². The predicted octanol–water partition coefficient (Wildman–Crippen LogP) is 3.20. The van der Waals surface area contributed by atoms with Crippen molar-refractivity contribution >= 4 is 5.69 Å². The van der Waals surface area contributed by atoms with E-state index in [0.717, 1.165) is 24.4 Å². The molecule has 0 atom stereocenters. The van der Waals surface area contributed by atoms with Crippen molar-refractivity contribution in [1.82, 2.24) is 0 Å². The van der Waals surface area contributed by atoms with Gasteiger partial charge in [0.2, 0.25) is 0 Å². The number of hydrogen-bond acceptors (Lipinski definition) is 4. The number of ether oxygens (including phenoxy) is 3. The van der Waals surface area contributed by atoms with Crippen LogP contribution in [0.3, 0.4) is 0 Å². The maximum absolute atomic E-state index is 5.50. The lowest BCUT2D eigenvalue weighted by Gasteiger charge is -2.18. The van der Waals surface area contributed by atoms with Crippen molar-refractivity contribution < 1.29 is 14.2 Å². The summed E-state index contributed by atoms with van der Waals surface area (Å²) in [5.41, 5.74) is 2.29. The summed E-state index contributed by atoms with van der Waals surface area (Å²) >= 11 is 0. The van der Waals surface area contributed by atoms with Crippen molar-refractivity contribution in [3.8, 4) is 5.75 Å². The molecule has 0 saturated carbocycles. The smallest absolute Gasteiger partial charge is 0.159 e. The summed E-state index contributed by atoms with van der Waals surface area (Å²) in [6.45, 7) is 8.18. The van der Waals surface area contributed by atoms with Crippen LogP contribution in [0.2, 0.25) is 0 Å². The Hall–Kier alpha value is -1.26. The van der Waals surface area contributed by atoms with E-state index >= 15 is 0 Å². The molecular weight excluding hydrogens is 242 g/mol. The summed E-state index contributed by atoms with van der Waals surface area (Å²) in [4.78, 5) is 0. The number of aryl methyl sites for hydroxylation is 1. The Balaban J connectivity index is 2.43. The first kappa shape index (κ1) is 15.8. The molecule has 0 unspecified atom stereocenters. The second-order valence-electron chi connectivity index (χ2n) is 4.24. The third-order valence-corrected chi connectivity index (χ3v) is 2.83. The Bertz CT molecular complexity index is 362. The molecule has 1 aromatic carbocycles. The van der Waals surface area contributed by atoms with Gasteiger partial charge in [0, 0.05) is 31.9 Å². The number of benzene rings is 1. The van der Waals surface area contributed by atoms with Crippen LogP contribution in [0.15, 0.2) is 18.2 Å². The maximum Gasteiger partial charge on any atom is 0.159 e. The van der Waals surface area contributed by atoms with Gasteiger partial charge in [0.1, 0.15) is 5.75 Å². The minimum absolute atomic E-state index is 0.124. The fraction of sp³-hybridized carbons (Fsp3) is 0.600. The molecule has 4 heteroatoms. The molecule has 0 aliphatic carbocycles. The highest BCUT2D eigenvalue weighted by Gasteiger charge is 2.07. The topological polar surface area (TPSA) is 39.7 Å². The van der Waals surface area contributed by atoms with Gasteiger partial charge in [-0.25, -0.2) is 0 Å². The highest BCUT2D eigenvalue weighted by atomic mass is 16.7. The van der Waals surface area contributed by atoms with Crippen LogP contribution in [0.4, 0.5) is 5.69 Å². The summed E-state index contributed by atoms with van der Waals surface area (Å²) in [5, 5.41) is 3.40. The molecular formula is C15H25NO3. The normalized spacial score (nSPS) is 10.8. The molecule has 0 saturated heterocycles. The van der Waals surface area contributed by atoms with Gasteiger partial charge in [-0.2, -0.15) is 0 Å². The molecule has 0 spiro atoms. The van der Waals surface area contributed by atoms with Gasteiger partial charge in [-0.05, 0) is 44.5 Å². The van der Waals surface area contributed by atoms with Gasteiger partial charge in [0.05, 0.1) is 7.11 Å². The van der Waals surface area contributed by atoms with Crippen molar-refractivity contribution in [3.05, 3.63) is 23.8 Å². The van der Waals surface area contributed by atoms with E-state index in [2.05, 4.69) is 12.2 Å². The van der Waals surface area contributed by atoms with Gasteiger partial charge in [0.25, 0.3) is 0 Å². The van der Waals surface area contributed by atoms with Crippen molar-refractivity contribution in [3.63, 3.8) is 0 Å². The van der Waals surface area contributed by atoms with E-state index in [0.29, 0.717) is 13.2 Å². The molecule has 0 aromatic heterocycles. The Labute approximate surface area is 116 Å². The molecule has 0 aliphatic heterocycles. The lowest BCUT2D eigenvalue weighted by molar-refractivity contribution is -0.137. The van der Waals surface area contributed by atoms with E-state index in [4.69, 9.17) is 14.2 Å². The van der Waals surface area contributed by atoms with E-state index in [-0.39, 0.29) is 6.29 Å². The molecule has 0 amide bonds. The molecule has 1 aromatic rings. The summed E-state index contributed by atoms with van der Waals surface area (Å²) in [6.07, 6.45) is 0.703. The van der Waals surface area contributed by atoms with E-state index in [1.807, 2.05) is 32.0 Å². The van der Waals surface area contributed by atoms with Gasteiger partial charge < -0.3 is 19.5 Å². The number of rotatable bonds is 9. The van der Waals surface area contributed by atoms with Gasteiger partial charge in [-0.1, -0.05) is 0 Å². The SMILES string of the molecule is CCOC(CCNc1ccc(OC)cc1C)OCC. The lowest BCUT2D eigenvalue weighted by atomic mass is 10.2.